The van der Waals surface area contributed by atoms with Gasteiger partial charge >= 0.3 is 0 Å². The van der Waals surface area contributed by atoms with E-state index in [1.54, 1.807) is 12.1 Å². The lowest BCUT2D eigenvalue weighted by atomic mass is 10.3. The Morgan fingerprint density at radius 1 is 1.15 bits per heavy atom. The van der Waals surface area contributed by atoms with E-state index in [1.165, 1.54) is 25.3 Å². The van der Waals surface area contributed by atoms with E-state index in [2.05, 4.69) is 4.72 Å². The van der Waals surface area contributed by atoms with Crippen LogP contribution in [0, 0.1) is 5.82 Å². The average Bonchev–Trinajstić information content (AvgIpc) is 2.42. The molecule has 2 aromatic carbocycles. The molecule has 0 heterocycles. The topological polar surface area (TPSA) is 55.4 Å². The molecular weight excluding hydrogens is 305 g/mol. The summed E-state index contributed by atoms with van der Waals surface area (Å²) in [6.07, 6.45) is 0. The van der Waals surface area contributed by atoms with E-state index in [1.807, 2.05) is 0 Å². The third-order valence-corrected chi connectivity index (χ3v) is 4.16. The van der Waals surface area contributed by atoms with E-state index in [0.29, 0.717) is 11.4 Å². The third kappa shape index (κ3) is 3.20. The summed E-state index contributed by atoms with van der Waals surface area (Å²) in [7, 11) is -2.54. The van der Waals surface area contributed by atoms with Gasteiger partial charge in [-0.3, -0.25) is 4.72 Å². The summed E-state index contributed by atoms with van der Waals surface area (Å²) in [5.41, 5.74) is 0.296. The molecule has 0 radical (unpaired) electrons. The molecule has 0 atom stereocenters. The molecule has 0 spiro atoms. The molecule has 106 valence electrons. The zero-order valence-corrected chi connectivity index (χ0v) is 12.0. The van der Waals surface area contributed by atoms with Crippen molar-refractivity contribution < 1.29 is 17.5 Å². The first-order valence-corrected chi connectivity index (χ1v) is 7.40. The molecule has 0 aromatic heterocycles. The quantitative estimate of drug-likeness (QED) is 0.942. The minimum Gasteiger partial charge on any atom is -0.497 e. The average molecular weight is 316 g/mol. The number of benzene rings is 2. The summed E-state index contributed by atoms with van der Waals surface area (Å²) in [5, 5.41) is 0.140. The highest BCUT2D eigenvalue weighted by atomic mass is 35.5. The lowest BCUT2D eigenvalue weighted by molar-refractivity contribution is 0.415. The number of sulfonamides is 1. The van der Waals surface area contributed by atoms with E-state index in [4.69, 9.17) is 16.3 Å². The Labute approximate surface area is 121 Å². The lowest BCUT2D eigenvalue weighted by Gasteiger charge is -2.09. The summed E-state index contributed by atoms with van der Waals surface area (Å²) in [4.78, 5) is -0.499. The van der Waals surface area contributed by atoms with Crippen molar-refractivity contribution >= 4 is 27.3 Å². The molecule has 0 aliphatic carbocycles. The van der Waals surface area contributed by atoms with E-state index >= 15 is 0 Å². The van der Waals surface area contributed by atoms with Gasteiger partial charge in [0.1, 0.15) is 16.5 Å². The van der Waals surface area contributed by atoms with Gasteiger partial charge in [-0.15, -0.1) is 0 Å². The van der Waals surface area contributed by atoms with E-state index < -0.39 is 20.7 Å². The molecule has 0 amide bonds. The molecule has 0 aliphatic rings. The zero-order chi connectivity index (χ0) is 14.8. The predicted octanol–water partition coefficient (Wildman–Crippen LogP) is 3.29. The normalized spacial score (nSPS) is 11.2. The Bertz CT molecular complexity index is 717. The molecule has 0 bridgehead atoms. The van der Waals surface area contributed by atoms with Crippen LogP contribution in [0.4, 0.5) is 10.1 Å². The Hall–Kier alpha value is -1.79. The molecule has 0 fully saturated rings. The van der Waals surface area contributed by atoms with Crippen LogP contribution in [-0.4, -0.2) is 15.5 Å². The first kappa shape index (κ1) is 14.6. The van der Waals surface area contributed by atoms with Crippen LogP contribution in [0.5, 0.6) is 5.75 Å². The van der Waals surface area contributed by atoms with Crippen molar-refractivity contribution in [3.05, 3.63) is 53.3 Å². The van der Waals surface area contributed by atoms with E-state index in [-0.39, 0.29) is 5.02 Å². The predicted molar refractivity (Wildman–Crippen MR) is 75.2 cm³/mol. The first-order valence-electron chi connectivity index (χ1n) is 5.54. The number of anilines is 1. The first-order chi connectivity index (χ1) is 9.42. The number of ether oxygens (including phenoxy) is 1. The zero-order valence-electron chi connectivity index (χ0n) is 10.4. The van der Waals surface area contributed by atoms with Gasteiger partial charge in [-0.05, 0) is 42.5 Å². The van der Waals surface area contributed by atoms with Crippen LogP contribution in [0.15, 0.2) is 47.4 Å². The smallest absolute Gasteiger partial charge is 0.264 e. The van der Waals surface area contributed by atoms with Gasteiger partial charge in [0, 0.05) is 10.7 Å². The summed E-state index contributed by atoms with van der Waals surface area (Å²) >= 11 is 5.69. The number of methoxy groups -OCH3 is 1. The van der Waals surface area contributed by atoms with Gasteiger partial charge in [0.25, 0.3) is 10.0 Å². The van der Waals surface area contributed by atoms with Crippen LogP contribution >= 0.6 is 11.6 Å². The van der Waals surface area contributed by atoms with Crippen molar-refractivity contribution in [3.63, 3.8) is 0 Å². The second kappa shape index (κ2) is 5.68. The monoisotopic (exact) mass is 315 g/mol. The Balaban J connectivity index is 2.32. The number of hydrogen-bond donors (Lipinski definition) is 1. The van der Waals surface area contributed by atoms with Crippen molar-refractivity contribution in [2.45, 2.75) is 4.90 Å². The minimum absolute atomic E-state index is 0.140. The maximum absolute atomic E-state index is 13.6. The van der Waals surface area contributed by atoms with Crippen LogP contribution < -0.4 is 9.46 Å². The highest BCUT2D eigenvalue weighted by molar-refractivity contribution is 7.92. The summed E-state index contributed by atoms with van der Waals surface area (Å²) in [6.45, 7) is 0. The highest BCUT2D eigenvalue weighted by Crippen LogP contribution is 2.23. The molecule has 0 saturated heterocycles. The van der Waals surface area contributed by atoms with Crippen LogP contribution in [0.3, 0.4) is 0 Å². The van der Waals surface area contributed by atoms with Gasteiger partial charge < -0.3 is 4.74 Å². The van der Waals surface area contributed by atoms with Crippen molar-refractivity contribution in [2.24, 2.45) is 0 Å². The third-order valence-electron chi connectivity index (χ3n) is 2.53. The summed E-state index contributed by atoms with van der Waals surface area (Å²) < 4.78 is 45.0. The molecule has 20 heavy (non-hydrogen) atoms. The second-order valence-corrected chi connectivity index (χ2v) is 6.00. The number of hydrogen-bond acceptors (Lipinski definition) is 3. The lowest BCUT2D eigenvalue weighted by Crippen LogP contribution is -2.14. The van der Waals surface area contributed by atoms with Gasteiger partial charge in [0.05, 0.1) is 7.11 Å². The molecule has 7 heteroatoms. The van der Waals surface area contributed by atoms with Gasteiger partial charge in [-0.1, -0.05) is 11.6 Å². The largest absolute Gasteiger partial charge is 0.497 e. The van der Waals surface area contributed by atoms with Crippen LogP contribution in [-0.2, 0) is 10.0 Å². The number of rotatable bonds is 4. The van der Waals surface area contributed by atoms with Crippen LogP contribution in [0.1, 0.15) is 0 Å². The van der Waals surface area contributed by atoms with E-state index in [0.717, 1.165) is 12.1 Å². The fraction of sp³-hybridized carbons (Fsp3) is 0.0769. The molecule has 0 saturated carbocycles. The molecule has 4 nitrogen and oxygen atoms in total. The number of halogens is 2. The molecule has 0 aliphatic heterocycles. The maximum atomic E-state index is 13.6. The molecule has 2 aromatic rings. The summed E-state index contributed by atoms with van der Waals surface area (Å²) in [6, 6.07) is 9.55. The summed E-state index contributed by atoms with van der Waals surface area (Å²) in [5.74, 6) is -0.280. The highest BCUT2D eigenvalue weighted by Gasteiger charge is 2.19. The molecule has 1 N–H and O–H groups in total. The van der Waals surface area contributed by atoms with Crippen molar-refractivity contribution in [1.29, 1.82) is 0 Å². The minimum atomic E-state index is -4.04. The Kier molecular flexibility index (Phi) is 4.15. The fourth-order valence-electron chi connectivity index (χ4n) is 1.55. The van der Waals surface area contributed by atoms with E-state index in [9.17, 15) is 12.8 Å². The molecular formula is C13H11ClFNO3S. The van der Waals surface area contributed by atoms with Crippen molar-refractivity contribution in [2.75, 3.05) is 11.8 Å². The maximum Gasteiger partial charge on any atom is 0.264 e. The van der Waals surface area contributed by atoms with Gasteiger partial charge in [-0.2, -0.15) is 0 Å². The van der Waals surface area contributed by atoms with Crippen LogP contribution in [0.25, 0.3) is 0 Å². The van der Waals surface area contributed by atoms with Crippen molar-refractivity contribution in [3.8, 4) is 5.75 Å². The van der Waals surface area contributed by atoms with Gasteiger partial charge in [-0.25, -0.2) is 12.8 Å². The SMILES string of the molecule is COc1ccc(NS(=O)(=O)c2cc(Cl)ccc2F)cc1. The fourth-order valence-corrected chi connectivity index (χ4v) is 2.95. The molecule has 2 rings (SSSR count). The second-order valence-electron chi connectivity index (χ2n) is 3.91. The van der Waals surface area contributed by atoms with Gasteiger partial charge in [0.15, 0.2) is 0 Å². The Morgan fingerprint density at radius 3 is 2.40 bits per heavy atom. The standard InChI is InChI=1S/C13H11ClFNO3S/c1-19-11-5-3-10(4-6-11)16-20(17,18)13-8-9(14)2-7-12(13)15/h2-8,16H,1H3. The van der Waals surface area contributed by atoms with Gasteiger partial charge in [0.2, 0.25) is 0 Å². The number of nitrogens with one attached hydrogen (secondary N) is 1. The van der Waals surface area contributed by atoms with Crippen molar-refractivity contribution in [1.82, 2.24) is 0 Å². The van der Waals surface area contributed by atoms with Crippen LogP contribution in [0.2, 0.25) is 5.02 Å². The molecule has 0 unspecified atom stereocenters. The Morgan fingerprint density at radius 2 is 1.80 bits per heavy atom.